The Hall–Kier alpha value is -0.720. The van der Waals surface area contributed by atoms with E-state index in [0.717, 1.165) is 4.90 Å². The van der Waals surface area contributed by atoms with Gasteiger partial charge in [-0.15, -0.1) is 11.8 Å². The number of hydrogen-bond acceptors (Lipinski definition) is 4. The van der Waals surface area contributed by atoms with E-state index in [4.69, 9.17) is 10.7 Å². The number of halogens is 1. The standard InChI is InChI=1S/C11H12ClNO3S2/c1-7-6-13(8(2)14)10-5-9(18(12,15)16)3-4-11(10)17-7/h3-5,7H,6H2,1-2H3/t7-/m1/s1. The number of thioether (sulfide) groups is 1. The van der Waals surface area contributed by atoms with Crippen molar-refractivity contribution in [2.75, 3.05) is 11.4 Å². The van der Waals surface area contributed by atoms with Gasteiger partial charge in [-0.3, -0.25) is 4.79 Å². The molecular formula is C11H12ClNO3S2. The van der Waals surface area contributed by atoms with Crippen LogP contribution in [0.5, 0.6) is 0 Å². The van der Waals surface area contributed by atoms with Crippen LogP contribution in [0.3, 0.4) is 0 Å². The first-order valence-electron chi connectivity index (χ1n) is 5.32. The highest BCUT2D eigenvalue weighted by atomic mass is 35.7. The molecule has 98 valence electrons. The molecule has 7 heteroatoms. The minimum Gasteiger partial charge on any atom is -0.310 e. The normalized spacial score (nSPS) is 19.5. The van der Waals surface area contributed by atoms with Gasteiger partial charge in [0.2, 0.25) is 5.91 Å². The third kappa shape index (κ3) is 2.65. The molecule has 0 radical (unpaired) electrons. The first-order chi connectivity index (χ1) is 8.29. The summed E-state index contributed by atoms with van der Waals surface area (Å²) in [5.41, 5.74) is 0.618. The fourth-order valence-electron chi connectivity index (χ4n) is 1.87. The molecule has 0 bridgehead atoms. The second kappa shape index (κ2) is 4.75. The average Bonchev–Trinajstić information content (AvgIpc) is 2.25. The van der Waals surface area contributed by atoms with Crippen LogP contribution >= 0.6 is 22.4 Å². The highest BCUT2D eigenvalue weighted by Crippen LogP contribution is 2.40. The predicted molar refractivity (Wildman–Crippen MR) is 72.8 cm³/mol. The third-order valence-electron chi connectivity index (χ3n) is 2.65. The van der Waals surface area contributed by atoms with Crippen LogP contribution in [0.4, 0.5) is 5.69 Å². The highest BCUT2D eigenvalue weighted by molar-refractivity contribution is 8.13. The van der Waals surface area contributed by atoms with Gasteiger partial charge in [0.25, 0.3) is 9.05 Å². The van der Waals surface area contributed by atoms with Gasteiger partial charge in [-0.25, -0.2) is 8.42 Å². The van der Waals surface area contributed by atoms with E-state index in [-0.39, 0.29) is 16.1 Å². The smallest absolute Gasteiger partial charge is 0.261 e. The van der Waals surface area contributed by atoms with Gasteiger partial charge in [0.1, 0.15) is 0 Å². The molecule has 0 fully saturated rings. The molecule has 1 atom stereocenters. The van der Waals surface area contributed by atoms with Crippen LogP contribution in [0.2, 0.25) is 0 Å². The van der Waals surface area contributed by atoms with Crippen molar-refractivity contribution in [3.63, 3.8) is 0 Å². The zero-order chi connectivity index (χ0) is 13.5. The molecule has 0 aromatic heterocycles. The molecule has 1 amide bonds. The van der Waals surface area contributed by atoms with E-state index < -0.39 is 9.05 Å². The Kier molecular flexibility index (Phi) is 3.62. The maximum absolute atomic E-state index is 11.6. The van der Waals surface area contributed by atoms with Crippen molar-refractivity contribution in [2.24, 2.45) is 0 Å². The van der Waals surface area contributed by atoms with E-state index in [0.29, 0.717) is 12.2 Å². The van der Waals surface area contributed by atoms with E-state index in [1.165, 1.54) is 19.1 Å². The lowest BCUT2D eigenvalue weighted by Crippen LogP contribution is -2.37. The summed E-state index contributed by atoms with van der Waals surface area (Å²) in [6, 6.07) is 4.61. The number of carbonyl (C=O) groups is 1. The number of nitrogens with zero attached hydrogens (tertiary/aromatic N) is 1. The molecule has 18 heavy (non-hydrogen) atoms. The summed E-state index contributed by atoms with van der Waals surface area (Å²) in [5, 5.41) is 0.278. The van der Waals surface area contributed by atoms with Crippen LogP contribution in [0.1, 0.15) is 13.8 Å². The molecule has 0 unspecified atom stereocenters. The summed E-state index contributed by atoms with van der Waals surface area (Å²) in [7, 11) is 1.55. The average molecular weight is 306 g/mol. The Morgan fingerprint density at radius 3 is 2.72 bits per heavy atom. The summed E-state index contributed by atoms with van der Waals surface area (Å²) in [6.45, 7) is 4.06. The summed E-state index contributed by atoms with van der Waals surface area (Å²) >= 11 is 1.62. The molecule has 0 spiro atoms. The van der Waals surface area contributed by atoms with Crippen molar-refractivity contribution in [3.8, 4) is 0 Å². The van der Waals surface area contributed by atoms with Crippen LogP contribution in [-0.2, 0) is 13.8 Å². The lowest BCUT2D eigenvalue weighted by molar-refractivity contribution is -0.116. The second-order valence-corrected chi connectivity index (χ2v) is 8.17. The van der Waals surface area contributed by atoms with E-state index in [9.17, 15) is 13.2 Å². The molecule has 2 rings (SSSR count). The molecule has 0 saturated carbocycles. The molecular weight excluding hydrogens is 294 g/mol. The SMILES string of the molecule is CC(=O)N1C[C@@H](C)Sc2ccc(S(=O)(=O)Cl)cc21. The van der Waals surface area contributed by atoms with Crippen molar-refractivity contribution in [1.29, 1.82) is 0 Å². The quantitative estimate of drug-likeness (QED) is 0.748. The zero-order valence-corrected chi connectivity index (χ0v) is 12.3. The maximum atomic E-state index is 11.6. The van der Waals surface area contributed by atoms with Crippen LogP contribution in [0.25, 0.3) is 0 Å². The summed E-state index contributed by atoms with van der Waals surface area (Å²) in [4.78, 5) is 14.1. The predicted octanol–water partition coefficient (Wildman–Crippen LogP) is 2.46. The molecule has 1 aromatic rings. The van der Waals surface area contributed by atoms with Gasteiger partial charge in [0.05, 0.1) is 10.6 Å². The summed E-state index contributed by atoms with van der Waals surface area (Å²) in [5.74, 6) is -0.104. The van der Waals surface area contributed by atoms with Gasteiger partial charge in [-0.1, -0.05) is 6.92 Å². The van der Waals surface area contributed by atoms with Gasteiger partial charge in [0.15, 0.2) is 0 Å². The number of fused-ring (bicyclic) bond motifs is 1. The van der Waals surface area contributed by atoms with E-state index in [1.807, 2.05) is 6.92 Å². The van der Waals surface area contributed by atoms with E-state index in [2.05, 4.69) is 0 Å². The van der Waals surface area contributed by atoms with Crippen molar-refractivity contribution in [2.45, 2.75) is 28.9 Å². The highest BCUT2D eigenvalue weighted by Gasteiger charge is 2.26. The van der Waals surface area contributed by atoms with E-state index in [1.54, 1.807) is 22.7 Å². The van der Waals surface area contributed by atoms with Gasteiger partial charge in [-0.2, -0.15) is 0 Å². The Balaban J connectivity index is 2.56. The van der Waals surface area contributed by atoms with Crippen molar-refractivity contribution >= 4 is 43.1 Å². The van der Waals surface area contributed by atoms with Crippen molar-refractivity contribution in [3.05, 3.63) is 18.2 Å². The molecule has 4 nitrogen and oxygen atoms in total. The molecule has 1 aliphatic heterocycles. The molecule has 0 N–H and O–H groups in total. The number of hydrogen-bond donors (Lipinski definition) is 0. The van der Waals surface area contributed by atoms with Gasteiger partial charge >= 0.3 is 0 Å². The van der Waals surface area contributed by atoms with Crippen LogP contribution in [-0.4, -0.2) is 26.1 Å². The number of carbonyl (C=O) groups excluding carboxylic acids is 1. The Bertz CT molecular complexity index is 600. The molecule has 1 aliphatic rings. The van der Waals surface area contributed by atoms with Crippen molar-refractivity contribution in [1.82, 2.24) is 0 Å². The van der Waals surface area contributed by atoms with Gasteiger partial charge in [0, 0.05) is 34.3 Å². The maximum Gasteiger partial charge on any atom is 0.261 e. The summed E-state index contributed by atoms with van der Waals surface area (Å²) < 4.78 is 22.6. The Morgan fingerprint density at radius 1 is 1.50 bits per heavy atom. The van der Waals surface area contributed by atoms with Crippen LogP contribution in [0.15, 0.2) is 28.0 Å². The monoisotopic (exact) mass is 305 g/mol. The minimum absolute atomic E-state index is 0.0179. The Morgan fingerprint density at radius 2 is 2.17 bits per heavy atom. The lowest BCUT2D eigenvalue weighted by atomic mass is 10.2. The largest absolute Gasteiger partial charge is 0.310 e. The third-order valence-corrected chi connectivity index (χ3v) is 5.15. The molecule has 1 heterocycles. The van der Waals surface area contributed by atoms with Crippen LogP contribution < -0.4 is 4.90 Å². The number of anilines is 1. The summed E-state index contributed by atoms with van der Waals surface area (Å²) in [6.07, 6.45) is 0. The first-order valence-corrected chi connectivity index (χ1v) is 8.51. The van der Waals surface area contributed by atoms with Gasteiger partial charge in [-0.05, 0) is 18.2 Å². The topological polar surface area (TPSA) is 54.5 Å². The van der Waals surface area contributed by atoms with Crippen LogP contribution in [0, 0.1) is 0 Å². The number of amides is 1. The lowest BCUT2D eigenvalue weighted by Gasteiger charge is -2.32. The molecule has 1 aromatic carbocycles. The van der Waals surface area contributed by atoms with E-state index >= 15 is 0 Å². The number of benzene rings is 1. The minimum atomic E-state index is -3.77. The zero-order valence-electron chi connectivity index (χ0n) is 9.88. The first kappa shape index (κ1) is 13.7. The fraction of sp³-hybridized carbons (Fsp3) is 0.364. The fourth-order valence-corrected chi connectivity index (χ4v) is 3.73. The van der Waals surface area contributed by atoms with Crippen molar-refractivity contribution < 1.29 is 13.2 Å². The Labute approximate surface area is 115 Å². The molecule has 0 saturated heterocycles. The van der Waals surface area contributed by atoms with Gasteiger partial charge < -0.3 is 4.90 Å². The number of rotatable bonds is 1. The second-order valence-electron chi connectivity index (χ2n) is 4.13. The molecule has 0 aliphatic carbocycles.